The van der Waals surface area contributed by atoms with Gasteiger partial charge in [-0.15, -0.1) is 0 Å². The molecule has 0 aliphatic carbocycles. The molecule has 1 amide bonds. The summed E-state index contributed by atoms with van der Waals surface area (Å²) in [5.74, 6) is 1.21. The van der Waals surface area contributed by atoms with Crippen LogP contribution in [0, 0.1) is 18.8 Å². The molecular formula is C24H31N3O. The van der Waals surface area contributed by atoms with Gasteiger partial charge < -0.3 is 10.6 Å². The van der Waals surface area contributed by atoms with Gasteiger partial charge in [0.05, 0.1) is 0 Å². The summed E-state index contributed by atoms with van der Waals surface area (Å²) >= 11 is 0. The van der Waals surface area contributed by atoms with Crippen LogP contribution in [0.2, 0.25) is 0 Å². The SMILES string of the molecule is Cc1cccc(C(N)=O)c1CN1CC2CN(CCCc3ccccc3)C[C@H]2C1. The highest BCUT2D eigenvalue weighted by atomic mass is 16.1. The molecule has 2 N–H and O–H groups in total. The van der Waals surface area contributed by atoms with Crippen molar-refractivity contribution in [3.05, 3.63) is 70.8 Å². The lowest BCUT2D eigenvalue weighted by Crippen LogP contribution is -2.30. The molecule has 2 atom stereocenters. The zero-order valence-corrected chi connectivity index (χ0v) is 16.8. The fourth-order valence-corrected chi connectivity index (χ4v) is 5.02. The Morgan fingerprint density at radius 1 is 0.964 bits per heavy atom. The number of hydrogen-bond donors (Lipinski definition) is 1. The van der Waals surface area contributed by atoms with E-state index in [-0.39, 0.29) is 5.91 Å². The Bertz CT molecular complexity index is 806. The first-order valence-electron chi connectivity index (χ1n) is 10.5. The van der Waals surface area contributed by atoms with Gasteiger partial charge in [-0.05, 0) is 60.9 Å². The van der Waals surface area contributed by atoms with Gasteiger partial charge in [-0.3, -0.25) is 9.69 Å². The lowest BCUT2D eigenvalue weighted by atomic mass is 10.0. The maximum absolute atomic E-state index is 11.8. The molecule has 4 nitrogen and oxygen atoms in total. The average molecular weight is 378 g/mol. The van der Waals surface area contributed by atoms with E-state index >= 15 is 0 Å². The maximum Gasteiger partial charge on any atom is 0.249 e. The van der Waals surface area contributed by atoms with Crippen molar-refractivity contribution in [2.45, 2.75) is 26.3 Å². The Balaban J connectivity index is 1.27. The van der Waals surface area contributed by atoms with Crippen LogP contribution in [-0.4, -0.2) is 48.4 Å². The van der Waals surface area contributed by atoms with E-state index in [4.69, 9.17) is 5.73 Å². The Hall–Kier alpha value is -2.17. The van der Waals surface area contributed by atoms with Crippen molar-refractivity contribution in [1.29, 1.82) is 0 Å². The molecule has 0 spiro atoms. The third-order valence-electron chi connectivity index (χ3n) is 6.48. The van der Waals surface area contributed by atoms with Gasteiger partial charge in [0.1, 0.15) is 0 Å². The molecule has 1 unspecified atom stereocenters. The number of fused-ring (bicyclic) bond motifs is 1. The largest absolute Gasteiger partial charge is 0.366 e. The van der Waals surface area contributed by atoms with Crippen LogP contribution >= 0.6 is 0 Å². The number of carbonyl (C=O) groups excluding carboxylic acids is 1. The van der Waals surface area contributed by atoms with E-state index in [1.807, 2.05) is 12.1 Å². The molecule has 2 aromatic carbocycles. The number of benzene rings is 2. The molecule has 148 valence electrons. The topological polar surface area (TPSA) is 49.6 Å². The number of aryl methyl sites for hydroxylation is 2. The fraction of sp³-hybridized carbons (Fsp3) is 0.458. The van der Waals surface area contributed by atoms with Crippen LogP contribution in [0.15, 0.2) is 48.5 Å². The van der Waals surface area contributed by atoms with Gasteiger partial charge in [0.15, 0.2) is 0 Å². The Kier molecular flexibility index (Phi) is 5.79. The van der Waals surface area contributed by atoms with Crippen LogP contribution in [0.1, 0.15) is 33.5 Å². The molecule has 4 heteroatoms. The molecule has 0 aromatic heterocycles. The van der Waals surface area contributed by atoms with E-state index in [0.29, 0.717) is 5.56 Å². The second-order valence-electron chi connectivity index (χ2n) is 8.53. The molecule has 4 rings (SSSR count). The van der Waals surface area contributed by atoms with E-state index in [1.165, 1.54) is 38.0 Å². The minimum Gasteiger partial charge on any atom is -0.366 e. The van der Waals surface area contributed by atoms with Gasteiger partial charge in [-0.2, -0.15) is 0 Å². The standard InChI is InChI=1S/C24H31N3O/c1-18-7-5-11-22(24(25)28)23(18)17-27-15-20-13-26(14-21(20)16-27)12-6-10-19-8-3-2-4-9-19/h2-5,7-9,11,20-21H,6,10,12-17H2,1H3,(H2,25,28)/t20-,21?/m0/s1. The van der Waals surface area contributed by atoms with E-state index in [2.05, 4.69) is 53.1 Å². The van der Waals surface area contributed by atoms with Crippen molar-refractivity contribution in [1.82, 2.24) is 9.80 Å². The van der Waals surface area contributed by atoms with Gasteiger partial charge in [0, 0.05) is 38.3 Å². The van der Waals surface area contributed by atoms with Crippen molar-refractivity contribution in [2.24, 2.45) is 17.6 Å². The molecule has 2 fully saturated rings. The summed E-state index contributed by atoms with van der Waals surface area (Å²) in [5, 5.41) is 0. The monoisotopic (exact) mass is 377 g/mol. The first-order chi connectivity index (χ1) is 13.6. The first kappa shape index (κ1) is 19.2. The zero-order valence-electron chi connectivity index (χ0n) is 16.8. The van der Waals surface area contributed by atoms with E-state index in [1.54, 1.807) is 0 Å². The highest BCUT2D eigenvalue weighted by Gasteiger charge is 2.39. The van der Waals surface area contributed by atoms with Gasteiger partial charge >= 0.3 is 0 Å². The highest BCUT2D eigenvalue weighted by Crippen LogP contribution is 2.32. The number of nitrogens with two attached hydrogens (primary N) is 1. The van der Waals surface area contributed by atoms with Gasteiger partial charge in [0.25, 0.3) is 0 Å². The molecule has 2 aliphatic rings. The van der Waals surface area contributed by atoms with Crippen LogP contribution in [0.25, 0.3) is 0 Å². The number of carbonyl (C=O) groups is 1. The molecule has 2 aromatic rings. The van der Waals surface area contributed by atoms with Gasteiger partial charge in [-0.1, -0.05) is 42.5 Å². The Morgan fingerprint density at radius 3 is 2.32 bits per heavy atom. The number of rotatable bonds is 7. The van der Waals surface area contributed by atoms with Crippen LogP contribution in [0.4, 0.5) is 0 Å². The summed E-state index contributed by atoms with van der Waals surface area (Å²) in [6.45, 7) is 8.81. The summed E-state index contributed by atoms with van der Waals surface area (Å²) in [5.41, 5.74) is 9.98. The minimum absolute atomic E-state index is 0.317. The second kappa shape index (κ2) is 8.46. The first-order valence-corrected chi connectivity index (χ1v) is 10.5. The number of amides is 1. The summed E-state index contributed by atoms with van der Waals surface area (Å²) < 4.78 is 0. The third-order valence-corrected chi connectivity index (χ3v) is 6.48. The quantitative estimate of drug-likeness (QED) is 0.807. The van der Waals surface area contributed by atoms with Gasteiger partial charge in [-0.25, -0.2) is 0 Å². The predicted octanol–water partition coefficient (Wildman–Crippen LogP) is 3.09. The van der Waals surface area contributed by atoms with Crippen molar-refractivity contribution in [3.8, 4) is 0 Å². The van der Waals surface area contributed by atoms with Crippen molar-refractivity contribution in [3.63, 3.8) is 0 Å². The minimum atomic E-state index is -0.317. The van der Waals surface area contributed by atoms with Gasteiger partial charge in [0.2, 0.25) is 5.91 Å². The Morgan fingerprint density at radius 2 is 1.64 bits per heavy atom. The lowest BCUT2D eigenvalue weighted by molar-refractivity contribution is 0.0998. The van der Waals surface area contributed by atoms with Crippen LogP contribution in [0.5, 0.6) is 0 Å². The average Bonchev–Trinajstić information content (AvgIpc) is 3.22. The summed E-state index contributed by atoms with van der Waals surface area (Å²) in [4.78, 5) is 17.0. The van der Waals surface area contributed by atoms with Crippen LogP contribution < -0.4 is 5.73 Å². The van der Waals surface area contributed by atoms with Crippen molar-refractivity contribution < 1.29 is 4.79 Å². The smallest absolute Gasteiger partial charge is 0.249 e. The van der Waals surface area contributed by atoms with Crippen molar-refractivity contribution >= 4 is 5.91 Å². The second-order valence-corrected chi connectivity index (χ2v) is 8.53. The summed E-state index contributed by atoms with van der Waals surface area (Å²) in [6, 6.07) is 16.6. The zero-order chi connectivity index (χ0) is 19.5. The molecule has 0 bridgehead atoms. The van der Waals surface area contributed by atoms with E-state index < -0.39 is 0 Å². The van der Waals surface area contributed by atoms with Crippen LogP contribution in [-0.2, 0) is 13.0 Å². The summed E-state index contributed by atoms with van der Waals surface area (Å²) in [7, 11) is 0. The number of primary amides is 1. The number of hydrogen-bond acceptors (Lipinski definition) is 3. The van der Waals surface area contributed by atoms with E-state index in [9.17, 15) is 4.79 Å². The number of nitrogens with zero attached hydrogens (tertiary/aromatic N) is 2. The third kappa shape index (κ3) is 4.29. The molecule has 2 saturated heterocycles. The fourth-order valence-electron chi connectivity index (χ4n) is 5.02. The molecule has 28 heavy (non-hydrogen) atoms. The molecular weight excluding hydrogens is 346 g/mol. The van der Waals surface area contributed by atoms with Crippen LogP contribution in [0.3, 0.4) is 0 Å². The summed E-state index contributed by atoms with van der Waals surface area (Å²) in [6.07, 6.45) is 2.40. The Labute approximate surface area is 168 Å². The highest BCUT2D eigenvalue weighted by molar-refractivity contribution is 5.94. The lowest BCUT2D eigenvalue weighted by Gasteiger charge is -2.23. The van der Waals surface area contributed by atoms with Crippen molar-refractivity contribution in [2.75, 3.05) is 32.7 Å². The maximum atomic E-state index is 11.8. The predicted molar refractivity (Wildman–Crippen MR) is 113 cm³/mol. The normalized spacial score (nSPS) is 22.5. The molecule has 0 radical (unpaired) electrons. The molecule has 0 saturated carbocycles. The number of likely N-dealkylation sites (tertiary alicyclic amines) is 2. The van der Waals surface area contributed by atoms with E-state index in [0.717, 1.165) is 42.6 Å². The molecule has 2 aliphatic heterocycles. The molecule has 2 heterocycles.